The molecule has 4 heteroatoms. The molecule has 2 aliphatic heterocycles. The zero-order valence-corrected chi connectivity index (χ0v) is 14.0. The molecule has 0 saturated carbocycles. The van der Waals surface area contributed by atoms with E-state index in [1.54, 1.807) is 0 Å². The lowest BCUT2D eigenvalue weighted by molar-refractivity contribution is -0.137. The number of ether oxygens (including phenoxy) is 2. The van der Waals surface area contributed by atoms with Crippen LogP contribution in [0.25, 0.3) is 6.08 Å². The second-order valence-electron chi connectivity index (χ2n) is 6.63. The van der Waals surface area contributed by atoms with Crippen LogP contribution in [0.5, 0.6) is 5.75 Å². The summed E-state index contributed by atoms with van der Waals surface area (Å²) in [4.78, 5) is 14.2. The van der Waals surface area contributed by atoms with Gasteiger partial charge in [-0.05, 0) is 38.8 Å². The van der Waals surface area contributed by atoms with E-state index in [1.165, 1.54) is 0 Å². The monoisotopic (exact) mass is 315 g/mol. The molecule has 0 radical (unpaired) electrons. The minimum absolute atomic E-state index is 0.0796. The van der Waals surface area contributed by atoms with Crippen molar-refractivity contribution < 1.29 is 14.3 Å². The fraction of sp³-hybridized carbons (Fsp3) is 0.526. The predicted octanol–water partition coefficient (Wildman–Crippen LogP) is 3.27. The number of carbonyl (C=O) groups is 1. The van der Waals surface area contributed by atoms with E-state index in [4.69, 9.17) is 9.47 Å². The first-order chi connectivity index (χ1) is 11.1. The van der Waals surface area contributed by atoms with E-state index in [9.17, 15) is 4.79 Å². The fourth-order valence-electron chi connectivity index (χ4n) is 3.18. The summed E-state index contributed by atoms with van der Waals surface area (Å²) in [7, 11) is 0. The summed E-state index contributed by atoms with van der Waals surface area (Å²) < 4.78 is 11.8. The van der Waals surface area contributed by atoms with Gasteiger partial charge in [0.25, 0.3) is 0 Å². The van der Waals surface area contributed by atoms with Crippen molar-refractivity contribution in [2.75, 3.05) is 19.7 Å². The van der Waals surface area contributed by atoms with Crippen molar-refractivity contribution in [1.82, 2.24) is 4.90 Å². The molecule has 0 unspecified atom stereocenters. The largest absolute Gasteiger partial charge is 0.483 e. The second-order valence-corrected chi connectivity index (χ2v) is 6.63. The number of fused-ring (bicyclic) bond motifs is 1. The van der Waals surface area contributed by atoms with Crippen LogP contribution in [-0.4, -0.2) is 42.2 Å². The average molecular weight is 315 g/mol. The Morgan fingerprint density at radius 1 is 1.30 bits per heavy atom. The summed E-state index contributed by atoms with van der Waals surface area (Å²) in [5.74, 6) is 1.02. The number of hydrogen-bond acceptors (Lipinski definition) is 3. The maximum absolute atomic E-state index is 12.3. The number of nitrogens with zero attached hydrogens (tertiary/aromatic N) is 1. The van der Waals surface area contributed by atoms with Crippen LogP contribution in [0.1, 0.15) is 38.7 Å². The zero-order chi connectivity index (χ0) is 16.3. The summed E-state index contributed by atoms with van der Waals surface area (Å²) in [6, 6.07) is 8.10. The average Bonchev–Trinajstić information content (AvgIpc) is 2.75. The van der Waals surface area contributed by atoms with Gasteiger partial charge in [0, 0.05) is 25.1 Å². The Bertz CT molecular complexity index is 596. The molecule has 1 saturated heterocycles. The summed E-state index contributed by atoms with van der Waals surface area (Å²) in [5, 5.41) is 0. The van der Waals surface area contributed by atoms with Gasteiger partial charge in [0.05, 0.1) is 6.10 Å². The number of carbonyl (C=O) groups excluding carboxylic acids is 1. The van der Waals surface area contributed by atoms with Crippen molar-refractivity contribution in [2.45, 2.75) is 44.8 Å². The van der Waals surface area contributed by atoms with Crippen molar-refractivity contribution in [3.63, 3.8) is 0 Å². The van der Waals surface area contributed by atoms with Gasteiger partial charge in [0.15, 0.2) is 0 Å². The van der Waals surface area contributed by atoms with E-state index in [2.05, 4.69) is 18.2 Å². The Morgan fingerprint density at radius 2 is 2.13 bits per heavy atom. The molecule has 23 heavy (non-hydrogen) atoms. The molecular weight excluding hydrogens is 290 g/mol. The van der Waals surface area contributed by atoms with Gasteiger partial charge in [-0.1, -0.05) is 24.3 Å². The molecule has 2 aliphatic rings. The highest BCUT2D eigenvalue weighted by Gasteiger charge is 2.35. The summed E-state index contributed by atoms with van der Waals surface area (Å²) in [5.41, 5.74) is 0.850. The van der Waals surface area contributed by atoms with Gasteiger partial charge in [-0.2, -0.15) is 0 Å². The van der Waals surface area contributed by atoms with Crippen LogP contribution in [0.4, 0.5) is 0 Å². The molecule has 1 aromatic carbocycles. The van der Waals surface area contributed by atoms with Crippen LogP contribution < -0.4 is 4.74 Å². The number of benzene rings is 1. The smallest absolute Gasteiger partial charge is 0.248 e. The molecule has 1 amide bonds. The van der Waals surface area contributed by atoms with Crippen LogP contribution >= 0.6 is 0 Å². The first-order valence-corrected chi connectivity index (χ1v) is 8.45. The lowest BCUT2D eigenvalue weighted by Crippen LogP contribution is -2.39. The Hall–Kier alpha value is -1.81. The van der Waals surface area contributed by atoms with Gasteiger partial charge in [-0.3, -0.25) is 4.79 Å². The van der Waals surface area contributed by atoms with E-state index < -0.39 is 0 Å². The van der Waals surface area contributed by atoms with Crippen molar-refractivity contribution in [3.05, 3.63) is 35.9 Å². The third-order valence-electron chi connectivity index (χ3n) is 4.52. The highest BCUT2D eigenvalue weighted by Crippen LogP contribution is 2.36. The van der Waals surface area contributed by atoms with E-state index in [0.717, 1.165) is 37.1 Å². The number of amides is 1. The molecule has 0 bridgehead atoms. The highest BCUT2D eigenvalue weighted by atomic mass is 16.5. The van der Waals surface area contributed by atoms with E-state index in [1.807, 2.05) is 36.9 Å². The van der Waals surface area contributed by atoms with Gasteiger partial charge < -0.3 is 14.4 Å². The molecular formula is C19H25NO3. The first-order valence-electron chi connectivity index (χ1n) is 8.45. The van der Waals surface area contributed by atoms with Crippen LogP contribution in [0.2, 0.25) is 0 Å². The maximum Gasteiger partial charge on any atom is 0.248 e. The van der Waals surface area contributed by atoms with Gasteiger partial charge in [-0.15, -0.1) is 0 Å². The molecule has 0 N–H and O–H groups in total. The van der Waals surface area contributed by atoms with E-state index in [0.29, 0.717) is 6.54 Å². The molecule has 4 nitrogen and oxygen atoms in total. The Labute approximate surface area is 138 Å². The van der Waals surface area contributed by atoms with Crippen LogP contribution in [-0.2, 0) is 9.53 Å². The van der Waals surface area contributed by atoms with Crippen LogP contribution in [0.3, 0.4) is 0 Å². The van der Waals surface area contributed by atoms with Crippen molar-refractivity contribution in [1.29, 1.82) is 0 Å². The van der Waals surface area contributed by atoms with Crippen LogP contribution in [0.15, 0.2) is 30.3 Å². The lowest BCUT2D eigenvalue weighted by Gasteiger charge is -2.34. The van der Waals surface area contributed by atoms with E-state index >= 15 is 0 Å². The SMILES string of the molecule is CC(C)OCC(=O)N1CCC[C@@]2(C=Cc3ccccc3O2)CC1. The summed E-state index contributed by atoms with van der Waals surface area (Å²) >= 11 is 0. The normalized spacial score (nSPS) is 23.5. The van der Waals surface area contributed by atoms with Crippen molar-refractivity contribution in [3.8, 4) is 5.75 Å². The first kappa shape index (κ1) is 16.1. The molecule has 0 aromatic heterocycles. The van der Waals surface area contributed by atoms with Crippen LogP contribution in [0, 0.1) is 0 Å². The van der Waals surface area contributed by atoms with Gasteiger partial charge in [0.1, 0.15) is 18.0 Å². The minimum Gasteiger partial charge on any atom is -0.483 e. The number of likely N-dealkylation sites (tertiary alicyclic amines) is 1. The molecule has 1 aromatic rings. The number of para-hydroxylation sites is 1. The second kappa shape index (κ2) is 6.75. The third kappa shape index (κ3) is 3.75. The molecule has 0 aliphatic carbocycles. The van der Waals surface area contributed by atoms with Gasteiger partial charge in [0.2, 0.25) is 5.91 Å². The lowest BCUT2D eigenvalue weighted by atomic mass is 9.91. The highest BCUT2D eigenvalue weighted by molar-refractivity contribution is 5.77. The molecule has 3 rings (SSSR count). The fourth-order valence-corrected chi connectivity index (χ4v) is 3.18. The standard InChI is InChI=1S/C19H25NO3/c1-15(2)22-14-18(21)20-12-5-9-19(11-13-20)10-8-16-6-3-4-7-17(16)23-19/h3-4,6-8,10,15H,5,9,11-14H2,1-2H3/t19-/m1/s1. The molecule has 2 heterocycles. The zero-order valence-electron chi connectivity index (χ0n) is 14.0. The molecule has 1 spiro atoms. The Balaban J connectivity index is 1.64. The third-order valence-corrected chi connectivity index (χ3v) is 4.52. The van der Waals surface area contributed by atoms with E-state index in [-0.39, 0.29) is 24.2 Å². The molecule has 1 atom stereocenters. The number of hydrogen-bond donors (Lipinski definition) is 0. The maximum atomic E-state index is 12.3. The Kier molecular flexibility index (Phi) is 4.71. The number of rotatable bonds is 3. The minimum atomic E-state index is -0.276. The van der Waals surface area contributed by atoms with Gasteiger partial charge >= 0.3 is 0 Å². The molecule has 1 fully saturated rings. The van der Waals surface area contributed by atoms with Crippen molar-refractivity contribution in [2.24, 2.45) is 0 Å². The quantitative estimate of drug-likeness (QED) is 0.859. The summed E-state index contributed by atoms with van der Waals surface area (Å²) in [6.07, 6.45) is 7.11. The van der Waals surface area contributed by atoms with Gasteiger partial charge in [-0.25, -0.2) is 0 Å². The topological polar surface area (TPSA) is 38.8 Å². The van der Waals surface area contributed by atoms with Crippen molar-refractivity contribution >= 4 is 12.0 Å². The summed E-state index contributed by atoms with van der Waals surface area (Å²) in [6.45, 7) is 5.56. The molecule has 124 valence electrons. The predicted molar refractivity (Wildman–Crippen MR) is 90.4 cm³/mol. The Morgan fingerprint density at radius 3 is 2.96 bits per heavy atom.